The second-order valence-corrected chi connectivity index (χ2v) is 5.00. The molecule has 0 fully saturated rings. The van der Waals surface area contributed by atoms with E-state index in [4.69, 9.17) is 0 Å². The molecule has 1 aliphatic rings. The quantitative estimate of drug-likeness (QED) is 0.853. The molecule has 1 aliphatic heterocycles. The lowest BCUT2D eigenvalue weighted by Crippen LogP contribution is -2.30. The van der Waals surface area contributed by atoms with Crippen molar-refractivity contribution in [2.24, 2.45) is 0 Å². The summed E-state index contributed by atoms with van der Waals surface area (Å²) < 4.78 is 3.93. The van der Waals surface area contributed by atoms with Crippen molar-refractivity contribution in [2.45, 2.75) is 6.92 Å². The Balaban J connectivity index is 2.17. The van der Waals surface area contributed by atoms with E-state index in [2.05, 4.69) is 4.37 Å². The van der Waals surface area contributed by atoms with E-state index in [0.29, 0.717) is 0 Å². The van der Waals surface area contributed by atoms with Crippen LogP contribution in [-0.4, -0.2) is 27.3 Å². The number of anilines is 1. The first-order valence-electron chi connectivity index (χ1n) is 5.69. The molecule has 0 aliphatic carbocycles. The van der Waals surface area contributed by atoms with Crippen LogP contribution >= 0.6 is 11.5 Å². The van der Waals surface area contributed by atoms with Crippen LogP contribution in [0, 0.1) is 6.92 Å². The first-order valence-corrected chi connectivity index (χ1v) is 6.47. The van der Waals surface area contributed by atoms with Gasteiger partial charge in [0, 0.05) is 0 Å². The highest BCUT2D eigenvalue weighted by molar-refractivity contribution is 7.11. The molecule has 0 unspecified atom stereocenters. The van der Waals surface area contributed by atoms with Crippen LogP contribution in [0.25, 0.3) is 0 Å². The average Bonchev–Trinajstić information content (AvgIpc) is 2.90. The van der Waals surface area contributed by atoms with Gasteiger partial charge < -0.3 is 5.11 Å². The van der Waals surface area contributed by atoms with Gasteiger partial charge in [-0.3, -0.25) is 9.59 Å². The van der Waals surface area contributed by atoms with Gasteiger partial charge in [-0.2, -0.15) is 4.37 Å². The van der Waals surface area contributed by atoms with Gasteiger partial charge in [-0.05, 0) is 30.6 Å². The number of carbonyl (C=O) groups is 3. The number of hydrogen-bond donors (Lipinski definition) is 1. The number of benzene rings is 1. The van der Waals surface area contributed by atoms with Gasteiger partial charge in [-0.25, -0.2) is 9.69 Å². The van der Waals surface area contributed by atoms with Crippen LogP contribution in [0.1, 0.15) is 36.8 Å². The van der Waals surface area contributed by atoms with Crippen LogP contribution in [0.3, 0.4) is 0 Å². The number of carbonyl (C=O) groups excluding carboxylic acids is 2. The number of fused-ring (bicyclic) bond motifs is 1. The van der Waals surface area contributed by atoms with Crippen LogP contribution in [0.4, 0.5) is 5.00 Å². The van der Waals surface area contributed by atoms with Crippen LogP contribution < -0.4 is 4.90 Å². The first-order chi connectivity index (χ1) is 9.52. The van der Waals surface area contributed by atoms with Crippen molar-refractivity contribution in [3.63, 3.8) is 0 Å². The summed E-state index contributed by atoms with van der Waals surface area (Å²) in [6, 6.07) is 6.40. The van der Waals surface area contributed by atoms with Gasteiger partial charge in [-0.1, -0.05) is 12.1 Å². The van der Waals surface area contributed by atoms with Crippen molar-refractivity contribution in [3.05, 3.63) is 46.6 Å². The van der Waals surface area contributed by atoms with Crippen molar-refractivity contribution >= 4 is 34.3 Å². The number of aromatic carboxylic acids is 1. The molecule has 0 atom stereocenters. The molecular formula is C13H8N2O4S. The maximum atomic E-state index is 12.3. The van der Waals surface area contributed by atoms with E-state index >= 15 is 0 Å². The lowest BCUT2D eigenvalue weighted by Gasteiger charge is -2.11. The first kappa shape index (κ1) is 12.5. The highest BCUT2D eigenvalue weighted by Crippen LogP contribution is 2.35. The Kier molecular flexibility index (Phi) is 2.65. The molecule has 100 valence electrons. The predicted molar refractivity (Wildman–Crippen MR) is 71.4 cm³/mol. The molecule has 0 saturated heterocycles. The maximum Gasteiger partial charge on any atom is 0.340 e. The summed E-state index contributed by atoms with van der Waals surface area (Å²) in [7, 11) is 0. The summed E-state index contributed by atoms with van der Waals surface area (Å²) in [5.74, 6) is -2.24. The minimum atomic E-state index is -1.21. The predicted octanol–water partition coefficient (Wildman–Crippen LogP) is 1.95. The lowest BCUT2D eigenvalue weighted by molar-refractivity contribution is 0.0697. The van der Waals surface area contributed by atoms with Crippen molar-refractivity contribution in [3.8, 4) is 0 Å². The van der Waals surface area contributed by atoms with Gasteiger partial charge in [0.1, 0.15) is 10.6 Å². The SMILES string of the molecule is Cc1nsc(N2C(=O)c3ccccc3C2=O)c1C(=O)O. The fourth-order valence-electron chi connectivity index (χ4n) is 2.13. The van der Waals surface area contributed by atoms with E-state index in [1.54, 1.807) is 24.3 Å². The van der Waals surface area contributed by atoms with Gasteiger partial charge in [0.2, 0.25) is 0 Å². The zero-order valence-electron chi connectivity index (χ0n) is 10.3. The van der Waals surface area contributed by atoms with E-state index in [1.807, 2.05) is 0 Å². The minimum Gasteiger partial charge on any atom is -0.478 e. The highest BCUT2D eigenvalue weighted by Gasteiger charge is 2.39. The summed E-state index contributed by atoms with van der Waals surface area (Å²) in [6.45, 7) is 1.53. The van der Waals surface area contributed by atoms with Crippen molar-refractivity contribution in [1.82, 2.24) is 4.37 Å². The monoisotopic (exact) mass is 288 g/mol. The van der Waals surface area contributed by atoms with Crippen molar-refractivity contribution in [2.75, 3.05) is 4.90 Å². The number of nitrogens with zero attached hydrogens (tertiary/aromatic N) is 2. The van der Waals surface area contributed by atoms with Gasteiger partial charge in [0.05, 0.1) is 16.8 Å². The molecule has 6 nitrogen and oxygen atoms in total. The van der Waals surface area contributed by atoms with E-state index in [1.165, 1.54) is 6.92 Å². The summed E-state index contributed by atoms with van der Waals surface area (Å²) in [6.07, 6.45) is 0. The molecule has 1 aromatic carbocycles. The fraction of sp³-hybridized carbons (Fsp3) is 0.0769. The molecule has 1 aromatic heterocycles. The number of imide groups is 1. The smallest absolute Gasteiger partial charge is 0.340 e. The molecular weight excluding hydrogens is 280 g/mol. The summed E-state index contributed by atoms with van der Waals surface area (Å²) in [5, 5.41) is 9.26. The number of hydrogen-bond acceptors (Lipinski definition) is 5. The second kappa shape index (κ2) is 4.24. The maximum absolute atomic E-state index is 12.3. The number of rotatable bonds is 2. The molecule has 0 saturated carbocycles. The Bertz CT molecular complexity index is 730. The molecule has 1 N–H and O–H groups in total. The Hall–Kier alpha value is -2.54. The number of amides is 2. The molecule has 0 radical (unpaired) electrons. The standard InChI is InChI=1S/C13H8N2O4S/c1-6-9(13(18)19)12(20-14-6)15-10(16)7-4-2-3-5-8(7)11(15)17/h2-5H,1H3,(H,18,19). The second-order valence-electron chi connectivity index (χ2n) is 4.24. The van der Waals surface area contributed by atoms with Crippen molar-refractivity contribution < 1.29 is 19.5 Å². The minimum absolute atomic E-state index is 0.0567. The van der Waals surface area contributed by atoms with Gasteiger partial charge in [0.15, 0.2) is 0 Å². The third kappa shape index (κ3) is 1.56. The molecule has 20 heavy (non-hydrogen) atoms. The largest absolute Gasteiger partial charge is 0.478 e. The van der Waals surface area contributed by atoms with Crippen LogP contribution in [0.2, 0.25) is 0 Å². The van der Waals surface area contributed by atoms with E-state index in [0.717, 1.165) is 16.4 Å². The average molecular weight is 288 g/mol. The Morgan fingerprint density at radius 3 is 2.25 bits per heavy atom. The Labute approximate surface area is 117 Å². The van der Waals surface area contributed by atoms with E-state index < -0.39 is 17.8 Å². The molecule has 2 aromatic rings. The zero-order chi connectivity index (χ0) is 14.4. The fourth-order valence-corrected chi connectivity index (χ4v) is 3.02. The van der Waals surface area contributed by atoms with Gasteiger partial charge in [0.25, 0.3) is 11.8 Å². The lowest BCUT2D eigenvalue weighted by atomic mass is 10.1. The number of carboxylic acids is 1. The van der Waals surface area contributed by atoms with Crippen LogP contribution in [0.15, 0.2) is 24.3 Å². The molecule has 0 spiro atoms. The molecule has 7 heteroatoms. The topological polar surface area (TPSA) is 87.6 Å². The third-order valence-corrected chi connectivity index (χ3v) is 3.98. The third-order valence-electron chi connectivity index (χ3n) is 3.06. The summed E-state index contributed by atoms with van der Waals surface area (Å²) >= 11 is 0.833. The Morgan fingerprint density at radius 2 is 1.75 bits per heavy atom. The molecule has 0 bridgehead atoms. The Morgan fingerprint density at radius 1 is 1.20 bits per heavy atom. The van der Waals surface area contributed by atoms with Gasteiger partial charge >= 0.3 is 5.97 Å². The normalized spacial score (nSPS) is 13.8. The van der Waals surface area contributed by atoms with Crippen LogP contribution in [-0.2, 0) is 0 Å². The van der Waals surface area contributed by atoms with Gasteiger partial charge in [-0.15, -0.1) is 0 Å². The van der Waals surface area contributed by atoms with E-state index in [9.17, 15) is 19.5 Å². The van der Waals surface area contributed by atoms with E-state index in [-0.39, 0.29) is 27.4 Å². The van der Waals surface area contributed by atoms with Crippen LogP contribution in [0.5, 0.6) is 0 Å². The number of carboxylic acid groups (broad SMARTS) is 1. The molecule has 2 heterocycles. The molecule has 3 rings (SSSR count). The summed E-state index contributed by atoms with van der Waals surface area (Å²) in [5.41, 5.74) is 0.735. The molecule has 2 amide bonds. The summed E-state index contributed by atoms with van der Waals surface area (Å²) in [4.78, 5) is 36.7. The number of aryl methyl sites for hydroxylation is 1. The number of aromatic nitrogens is 1. The zero-order valence-corrected chi connectivity index (χ0v) is 11.1. The highest BCUT2D eigenvalue weighted by atomic mass is 32.1. The van der Waals surface area contributed by atoms with Crippen molar-refractivity contribution in [1.29, 1.82) is 0 Å².